The van der Waals surface area contributed by atoms with Crippen LogP contribution >= 0.6 is 0 Å². The first-order valence-electron chi connectivity index (χ1n) is 7.16. The van der Waals surface area contributed by atoms with Crippen molar-refractivity contribution in [2.75, 3.05) is 13.1 Å². The Hall–Kier alpha value is -0.0800. The molecule has 4 atom stereocenters. The fraction of sp³-hybridized carbons (Fsp3) is 1.00. The quantitative estimate of drug-likeness (QED) is 0.781. The van der Waals surface area contributed by atoms with E-state index in [-0.39, 0.29) is 0 Å². The van der Waals surface area contributed by atoms with Crippen molar-refractivity contribution in [3.8, 4) is 0 Å². The van der Waals surface area contributed by atoms with Crippen molar-refractivity contribution < 1.29 is 0 Å². The molecule has 0 aromatic heterocycles. The Kier molecular flexibility index (Phi) is 4.26. The van der Waals surface area contributed by atoms with Crippen molar-refractivity contribution >= 4 is 0 Å². The molecule has 2 N–H and O–H groups in total. The molecule has 0 radical (unpaired) electrons. The van der Waals surface area contributed by atoms with Gasteiger partial charge in [0, 0.05) is 18.6 Å². The van der Waals surface area contributed by atoms with Gasteiger partial charge in [-0.2, -0.15) is 0 Å². The lowest BCUT2D eigenvalue weighted by atomic mass is 9.83. The smallest absolute Gasteiger partial charge is 0.0101 e. The van der Waals surface area contributed by atoms with Gasteiger partial charge < -0.3 is 5.73 Å². The summed E-state index contributed by atoms with van der Waals surface area (Å²) in [6.45, 7) is 6.97. The zero-order valence-corrected chi connectivity index (χ0v) is 11.0. The maximum absolute atomic E-state index is 5.84. The van der Waals surface area contributed by atoms with Crippen LogP contribution in [0.2, 0.25) is 0 Å². The highest BCUT2D eigenvalue weighted by Crippen LogP contribution is 2.32. The highest BCUT2D eigenvalue weighted by atomic mass is 15.2. The summed E-state index contributed by atoms with van der Waals surface area (Å²) in [5.74, 6) is 1.69. The van der Waals surface area contributed by atoms with Crippen LogP contribution in [0.4, 0.5) is 0 Å². The van der Waals surface area contributed by atoms with E-state index in [4.69, 9.17) is 5.73 Å². The normalized spacial score (nSPS) is 42.2. The first-order valence-corrected chi connectivity index (χ1v) is 7.16. The molecule has 0 spiro atoms. The lowest BCUT2D eigenvalue weighted by Gasteiger charge is -2.45. The summed E-state index contributed by atoms with van der Waals surface area (Å²) in [6.07, 6.45) is 8.41. The summed E-state index contributed by atoms with van der Waals surface area (Å²) in [5.41, 5.74) is 5.84. The molecule has 1 saturated carbocycles. The molecule has 0 aromatic carbocycles. The molecule has 1 aliphatic heterocycles. The minimum absolute atomic E-state index is 0.758. The van der Waals surface area contributed by atoms with Gasteiger partial charge in [-0.15, -0.1) is 0 Å². The van der Waals surface area contributed by atoms with Gasteiger partial charge in [-0.25, -0.2) is 0 Å². The van der Waals surface area contributed by atoms with Gasteiger partial charge in [0.15, 0.2) is 0 Å². The number of hydrogen-bond donors (Lipinski definition) is 1. The van der Waals surface area contributed by atoms with Crippen molar-refractivity contribution in [3.63, 3.8) is 0 Å². The van der Waals surface area contributed by atoms with Gasteiger partial charge in [0.25, 0.3) is 0 Å². The molecule has 4 unspecified atom stereocenters. The van der Waals surface area contributed by atoms with Crippen LogP contribution in [-0.4, -0.2) is 30.1 Å². The van der Waals surface area contributed by atoms with Gasteiger partial charge in [0.05, 0.1) is 0 Å². The highest BCUT2D eigenvalue weighted by molar-refractivity contribution is 4.87. The second kappa shape index (κ2) is 5.50. The van der Waals surface area contributed by atoms with Crippen LogP contribution < -0.4 is 5.73 Å². The number of nitrogens with two attached hydrogens (primary N) is 1. The Morgan fingerprint density at radius 3 is 2.62 bits per heavy atom. The maximum Gasteiger partial charge on any atom is 0.0101 e. The molecule has 2 aliphatic rings. The van der Waals surface area contributed by atoms with Gasteiger partial charge >= 0.3 is 0 Å². The maximum atomic E-state index is 5.84. The fourth-order valence-electron chi connectivity index (χ4n) is 3.62. The first-order chi connectivity index (χ1) is 7.70. The van der Waals surface area contributed by atoms with Crippen LogP contribution in [-0.2, 0) is 0 Å². The number of piperidine rings is 1. The average molecular weight is 224 g/mol. The molecule has 16 heavy (non-hydrogen) atoms. The van der Waals surface area contributed by atoms with E-state index in [1.807, 2.05) is 0 Å². The first kappa shape index (κ1) is 12.4. The molecule has 0 bridgehead atoms. The van der Waals surface area contributed by atoms with Gasteiger partial charge in [-0.05, 0) is 51.0 Å². The summed E-state index contributed by atoms with van der Waals surface area (Å²) in [7, 11) is 0. The fourth-order valence-corrected chi connectivity index (χ4v) is 3.62. The molecule has 2 rings (SSSR count). The molecule has 2 heteroatoms. The second-order valence-electron chi connectivity index (χ2n) is 6.15. The van der Waals surface area contributed by atoms with E-state index in [9.17, 15) is 0 Å². The molecular formula is C14H28N2. The Labute approximate surface area is 101 Å². The number of likely N-dealkylation sites (tertiary alicyclic amines) is 1. The van der Waals surface area contributed by atoms with Gasteiger partial charge in [0.1, 0.15) is 0 Å². The van der Waals surface area contributed by atoms with E-state index in [2.05, 4.69) is 18.7 Å². The SMILES string of the molecule is CC1CCCC(N2CC(CN)CCC2C)C1. The van der Waals surface area contributed by atoms with Crippen molar-refractivity contribution in [3.05, 3.63) is 0 Å². The molecule has 1 saturated heterocycles. The lowest BCUT2D eigenvalue weighted by Crippen LogP contribution is -2.50. The molecular weight excluding hydrogens is 196 g/mol. The predicted molar refractivity (Wildman–Crippen MR) is 69.4 cm³/mol. The van der Waals surface area contributed by atoms with Crippen LogP contribution in [0.25, 0.3) is 0 Å². The summed E-state index contributed by atoms with van der Waals surface area (Å²) in [5, 5.41) is 0. The van der Waals surface area contributed by atoms with Crippen LogP contribution in [0.1, 0.15) is 52.4 Å². The van der Waals surface area contributed by atoms with Crippen molar-refractivity contribution in [1.29, 1.82) is 0 Å². The topological polar surface area (TPSA) is 29.3 Å². The Morgan fingerprint density at radius 2 is 1.94 bits per heavy atom. The number of hydrogen-bond acceptors (Lipinski definition) is 2. The van der Waals surface area contributed by atoms with E-state index in [1.165, 1.54) is 45.1 Å². The van der Waals surface area contributed by atoms with E-state index >= 15 is 0 Å². The lowest BCUT2D eigenvalue weighted by molar-refractivity contribution is 0.0454. The van der Waals surface area contributed by atoms with Crippen LogP contribution in [0.15, 0.2) is 0 Å². The molecule has 0 amide bonds. The monoisotopic (exact) mass is 224 g/mol. The van der Waals surface area contributed by atoms with E-state index in [0.29, 0.717) is 0 Å². The molecule has 2 fully saturated rings. The molecule has 1 heterocycles. The molecule has 0 aromatic rings. The Bertz CT molecular complexity index is 217. The standard InChI is InChI=1S/C14H28N2/c1-11-4-3-5-14(8-11)16-10-13(9-15)7-6-12(16)2/h11-14H,3-10,15H2,1-2H3. The van der Waals surface area contributed by atoms with Gasteiger partial charge in [-0.1, -0.05) is 19.8 Å². The third-order valence-corrected chi connectivity index (χ3v) is 4.74. The van der Waals surface area contributed by atoms with Gasteiger partial charge in [-0.3, -0.25) is 4.90 Å². The van der Waals surface area contributed by atoms with Crippen LogP contribution in [0.5, 0.6) is 0 Å². The minimum Gasteiger partial charge on any atom is -0.330 e. The summed E-state index contributed by atoms with van der Waals surface area (Å²) < 4.78 is 0. The third kappa shape index (κ3) is 2.78. The Morgan fingerprint density at radius 1 is 1.12 bits per heavy atom. The van der Waals surface area contributed by atoms with Gasteiger partial charge in [0.2, 0.25) is 0 Å². The second-order valence-corrected chi connectivity index (χ2v) is 6.15. The minimum atomic E-state index is 0.758. The zero-order valence-electron chi connectivity index (χ0n) is 11.0. The third-order valence-electron chi connectivity index (χ3n) is 4.74. The average Bonchev–Trinajstić information content (AvgIpc) is 2.30. The largest absolute Gasteiger partial charge is 0.330 e. The molecule has 94 valence electrons. The predicted octanol–water partition coefficient (Wildman–Crippen LogP) is 2.62. The summed E-state index contributed by atoms with van der Waals surface area (Å²) >= 11 is 0. The van der Waals surface area contributed by atoms with Crippen molar-refractivity contribution in [2.24, 2.45) is 17.6 Å². The molecule has 1 aliphatic carbocycles. The van der Waals surface area contributed by atoms with E-state index < -0.39 is 0 Å². The summed E-state index contributed by atoms with van der Waals surface area (Å²) in [6, 6.07) is 1.64. The number of rotatable bonds is 2. The van der Waals surface area contributed by atoms with Crippen molar-refractivity contribution in [2.45, 2.75) is 64.5 Å². The van der Waals surface area contributed by atoms with E-state index in [1.54, 1.807) is 0 Å². The van der Waals surface area contributed by atoms with E-state index in [0.717, 1.165) is 30.5 Å². The molecule has 2 nitrogen and oxygen atoms in total. The highest BCUT2D eigenvalue weighted by Gasteiger charge is 2.32. The van der Waals surface area contributed by atoms with Crippen LogP contribution in [0.3, 0.4) is 0 Å². The number of nitrogens with zero attached hydrogens (tertiary/aromatic N) is 1. The summed E-state index contributed by atoms with van der Waals surface area (Å²) in [4.78, 5) is 2.77. The zero-order chi connectivity index (χ0) is 11.5. The Balaban J connectivity index is 1.94. The van der Waals surface area contributed by atoms with Crippen molar-refractivity contribution in [1.82, 2.24) is 4.90 Å². The van der Waals surface area contributed by atoms with Crippen LogP contribution in [0, 0.1) is 11.8 Å².